The first kappa shape index (κ1) is 26.9. The predicted octanol–water partition coefficient (Wildman–Crippen LogP) is 3.55. The van der Waals surface area contributed by atoms with Crippen molar-refractivity contribution >= 4 is 27.5 Å². The van der Waals surface area contributed by atoms with Crippen molar-refractivity contribution in [2.24, 2.45) is 5.92 Å². The number of ether oxygens (including phenoxy) is 1. The molecule has 0 spiro atoms. The number of hydrogen-bond donors (Lipinski definition) is 1. The van der Waals surface area contributed by atoms with Crippen LogP contribution >= 0.6 is 0 Å². The van der Waals surface area contributed by atoms with Crippen molar-refractivity contribution < 1.29 is 22.7 Å². The highest BCUT2D eigenvalue weighted by Gasteiger charge is 2.39. The summed E-state index contributed by atoms with van der Waals surface area (Å²) in [6.07, 6.45) is 0.977. The Kier molecular flexibility index (Phi) is 7.99. The van der Waals surface area contributed by atoms with Gasteiger partial charge >= 0.3 is 0 Å². The van der Waals surface area contributed by atoms with Gasteiger partial charge < -0.3 is 15.0 Å². The van der Waals surface area contributed by atoms with Gasteiger partial charge in [-0.2, -0.15) is 4.31 Å². The van der Waals surface area contributed by atoms with Crippen LogP contribution in [-0.4, -0.2) is 56.8 Å². The van der Waals surface area contributed by atoms with Gasteiger partial charge in [0.25, 0.3) is 5.91 Å². The van der Waals surface area contributed by atoms with Crippen LogP contribution in [0.15, 0.2) is 83.8 Å². The topological polar surface area (TPSA) is 96.0 Å². The molecule has 0 aliphatic carbocycles. The van der Waals surface area contributed by atoms with E-state index in [4.69, 9.17) is 4.74 Å². The largest absolute Gasteiger partial charge is 0.477 e. The summed E-state index contributed by atoms with van der Waals surface area (Å²) in [5.74, 6) is -0.547. The Balaban J connectivity index is 1.29. The lowest BCUT2D eigenvalue weighted by Crippen LogP contribution is -2.54. The van der Waals surface area contributed by atoms with Crippen LogP contribution in [0.5, 0.6) is 5.75 Å². The number of rotatable bonds is 7. The number of benzene rings is 3. The van der Waals surface area contributed by atoms with Crippen LogP contribution in [0.3, 0.4) is 0 Å². The number of anilines is 1. The second kappa shape index (κ2) is 11.6. The van der Waals surface area contributed by atoms with E-state index in [2.05, 4.69) is 5.32 Å². The smallest absolute Gasteiger partial charge is 0.262 e. The maximum atomic E-state index is 13.9. The molecule has 39 heavy (non-hydrogen) atoms. The third-order valence-electron chi connectivity index (χ3n) is 7.28. The van der Waals surface area contributed by atoms with E-state index in [0.717, 1.165) is 11.1 Å². The lowest BCUT2D eigenvalue weighted by molar-refractivity contribution is -0.129. The fraction of sp³-hybridized carbons (Fsp3) is 0.333. The van der Waals surface area contributed by atoms with Gasteiger partial charge in [0.05, 0.1) is 23.0 Å². The van der Waals surface area contributed by atoms with Gasteiger partial charge in [-0.3, -0.25) is 9.59 Å². The number of nitrogens with one attached hydrogen (secondary N) is 1. The minimum Gasteiger partial charge on any atom is -0.477 e. The quantitative estimate of drug-likeness (QED) is 0.488. The minimum absolute atomic E-state index is 0.0637. The van der Waals surface area contributed by atoms with Crippen LogP contribution in [-0.2, 0) is 26.0 Å². The van der Waals surface area contributed by atoms with Gasteiger partial charge in [0.15, 0.2) is 6.10 Å². The molecule has 0 unspecified atom stereocenters. The summed E-state index contributed by atoms with van der Waals surface area (Å²) in [5, 5.41) is 2.93. The fourth-order valence-corrected chi connectivity index (χ4v) is 6.63. The maximum Gasteiger partial charge on any atom is 0.262 e. The summed E-state index contributed by atoms with van der Waals surface area (Å²) in [4.78, 5) is 28.7. The van der Waals surface area contributed by atoms with Crippen molar-refractivity contribution in [1.82, 2.24) is 9.62 Å². The number of carbonyl (C=O) groups excluding carboxylic acids is 2. The summed E-state index contributed by atoms with van der Waals surface area (Å²) >= 11 is 0. The number of fused-ring (bicyclic) bond motifs is 1. The van der Waals surface area contributed by atoms with Gasteiger partial charge in [0.2, 0.25) is 15.9 Å². The Morgan fingerprint density at radius 2 is 1.67 bits per heavy atom. The first-order chi connectivity index (χ1) is 18.8. The molecule has 8 nitrogen and oxygen atoms in total. The van der Waals surface area contributed by atoms with Crippen molar-refractivity contribution in [1.29, 1.82) is 0 Å². The second-order valence-corrected chi connectivity index (χ2v) is 12.0. The number of para-hydroxylation sites is 2. The summed E-state index contributed by atoms with van der Waals surface area (Å²) in [6, 6.07) is 23.8. The molecule has 1 fully saturated rings. The SMILES string of the molecule is Cc1ccc(S(=O)(=O)N2CCC[C@H](C(=O)N3C[C@@H](C(=O)NCCc4ccccc4)Oc4ccccc43)C2)cc1. The Hall–Kier alpha value is -3.69. The zero-order chi connectivity index (χ0) is 27.4. The molecule has 0 radical (unpaired) electrons. The lowest BCUT2D eigenvalue weighted by atomic mass is 9.97. The summed E-state index contributed by atoms with van der Waals surface area (Å²) in [7, 11) is -3.72. The third-order valence-corrected chi connectivity index (χ3v) is 9.16. The molecule has 2 amide bonds. The Bertz CT molecular complexity index is 1430. The van der Waals surface area contributed by atoms with Gasteiger partial charge in [0.1, 0.15) is 5.75 Å². The second-order valence-electron chi connectivity index (χ2n) is 10.1. The molecule has 1 saturated heterocycles. The Morgan fingerprint density at radius 1 is 0.949 bits per heavy atom. The van der Waals surface area contributed by atoms with Crippen LogP contribution in [0.25, 0.3) is 0 Å². The van der Waals surface area contributed by atoms with E-state index in [9.17, 15) is 18.0 Å². The Morgan fingerprint density at radius 3 is 2.44 bits per heavy atom. The molecule has 9 heteroatoms. The van der Waals surface area contributed by atoms with Crippen molar-refractivity contribution in [2.75, 3.05) is 31.1 Å². The average Bonchev–Trinajstić information content (AvgIpc) is 2.97. The number of piperidine rings is 1. The highest BCUT2D eigenvalue weighted by molar-refractivity contribution is 7.89. The molecular formula is C30H33N3O5S. The monoisotopic (exact) mass is 547 g/mol. The van der Waals surface area contributed by atoms with Gasteiger partial charge in [-0.15, -0.1) is 0 Å². The minimum atomic E-state index is -3.72. The van der Waals surface area contributed by atoms with Crippen molar-refractivity contribution in [2.45, 2.75) is 37.2 Å². The number of aryl methyl sites for hydroxylation is 1. The number of nitrogens with zero attached hydrogens (tertiary/aromatic N) is 2. The molecule has 1 N–H and O–H groups in total. The normalized spacial score (nSPS) is 19.6. The van der Waals surface area contributed by atoms with E-state index >= 15 is 0 Å². The molecule has 2 heterocycles. The van der Waals surface area contributed by atoms with Gasteiger partial charge in [0, 0.05) is 19.6 Å². The number of hydrogen-bond acceptors (Lipinski definition) is 5. The molecule has 204 valence electrons. The van der Waals surface area contributed by atoms with Gasteiger partial charge in [-0.05, 0) is 56.0 Å². The van der Waals surface area contributed by atoms with Crippen LogP contribution in [0.1, 0.15) is 24.0 Å². The lowest BCUT2D eigenvalue weighted by Gasteiger charge is -2.38. The molecule has 0 saturated carbocycles. The third kappa shape index (κ3) is 5.99. The van der Waals surface area contributed by atoms with E-state index in [1.807, 2.05) is 43.3 Å². The van der Waals surface area contributed by atoms with Crippen molar-refractivity contribution in [3.63, 3.8) is 0 Å². The zero-order valence-corrected chi connectivity index (χ0v) is 22.8. The highest BCUT2D eigenvalue weighted by atomic mass is 32.2. The molecule has 0 aromatic heterocycles. The van der Waals surface area contributed by atoms with E-state index in [1.54, 1.807) is 47.4 Å². The van der Waals surface area contributed by atoms with Crippen molar-refractivity contribution in [3.8, 4) is 5.75 Å². The summed E-state index contributed by atoms with van der Waals surface area (Å²) in [5.41, 5.74) is 2.69. The molecule has 2 aliphatic rings. The number of sulfonamides is 1. The number of carbonyl (C=O) groups is 2. The molecular weight excluding hydrogens is 514 g/mol. The van der Waals surface area contributed by atoms with Crippen LogP contribution < -0.4 is 15.0 Å². The molecule has 3 aromatic rings. The fourth-order valence-electron chi connectivity index (χ4n) is 5.11. The van der Waals surface area contributed by atoms with Crippen molar-refractivity contribution in [3.05, 3.63) is 90.0 Å². The van der Waals surface area contributed by atoms with Crippen LogP contribution in [0, 0.1) is 12.8 Å². The van der Waals surface area contributed by atoms with E-state index < -0.39 is 22.0 Å². The summed E-state index contributed by atoms with van der Waals surface area (Å²) in [6.45, 7) is 2.89. The number of amides is 2. The van der Waals surface area contributed by atoms with E-state index in [-0.39, 0.29) is 29.8 Å². The standard InChI is InChI=1S/C30H33N3O5S/c1-22-13-15-25(16-14-22)39(36,37)32-19-7-10-24(20-32)30(35)33-21-28(38-27-12-6-5-11-26(27)33)29(34)31-18-17-23-8-3-2-4-9-23/h2-6,8-9,11-16,24,28H,7,10,17-21H2,1H3,(H,31,34)/t24-,28-/m0/s1. The summed E-state index contributed by atoms with van der Waals surface area (Å²) < 4.78 is 34.0. The highest BCUT2D eigenvalue weighted by Crippen LogP contribution is 2.35. The molecule has 5 rings (SSSR count). The van der Waals surface area contributed by atoms with Crippen LogP contribution in [0.2, 0.25) is 0 Å². The van der Waals surface area contributed by atoms with E-state index in [0.29, 0.717) is 43.8 Å². The van der Waals surface area contributed by atoms with Gasteiger partial charge in [-0.25, -0.2) is 8.42 Å². The first-order valence-electron chi connectivity index (χ1n) is 13.3. The molecule has 0 bridgehead atoms. The molecule has 3 aromatic carbocycles. The Labute approximate surface area is 229 Å². The average molecular weight is 548 g/mol. The van der Waals surface area contributed by atoms with Gasteiger partial charge in [-0.1, -0.05) is 60.2 Å². The van der Waals surface area contributed by atoms with E-state index in [1.165, 1.54) is 4.31 Å². The maximum absolute atomic E-state index is 13.9. The predicted molar refractivity (Wildman–Crippen MR) is 149 cm³/mol. The molecule has 2 aliphatic heterocycles. The molecule has 2 atom stereocenters. The van der Waals surface area contributed by atoms with Crippen LogP contribution in [0.4, 0.5) is 5.69 Å². The zero-order valence-electron chi connectivity index (χ0n) is 22.0. The first-order valence-corrected chi connectivity index (χ1v) is 14.7.